The Morgan fingerprint density at radius 1 is 1.18 bits per heavy atom. The fourth-order valence-electron chi connectivity index (χ4n) is 1.73. The van der Waals surface area contributed by atoms with Crippen LogP contribution in [0.15, 0.2) is 24.3 Å². The maximum Gasteiger partial charge on any atom is 0.0991 e. The fraction of sp³-hybridized carbons (Fsp3) is 0.533. The zero-order chi connectivity index (χ0) is 12.5. The number of nitrogens with one attached hydrogen (secondary N) is 1. The van der Waals surface area contributed by atoms with E-state index in [1.54, 1.807) is 0 Å². The van der Waals surface area contributed by atoms with Crippen LogP contribution in [0.1, 0.15) is 44.2 Å². The first-order valence-electron chi connectivity index (χ1n) is 6.42. The molecule has 0 aliphatic heterocycles. The van der Waals surface area contributed by atoms with Crippen molar-refractivity contribution in [3.63, 3.8) is 0 Å². The molecule has 0 radical (unpaired) electrons. The second-order valence-corrected chi connectivity index (χ2v) is 4.88. The van der Waals surface area contributed by atoms with Gasteiger partial charge in [0.15, 0.2) is 0 Å². The van der Waals surface area contributed by atoms with Crippen molar-refractivity contribution in [3.8, 4) is 6.07 Å². The number of hydrogen-bond donors (Lipinski definition) is 1. The third-order valence-corrected chi connectivity index (χ3v) is 2.80. The van der Waals surface area contributed by atoms with Gasteiger partial charge in [-0.15, -0.1) is 0 Å². The minimum absolute atomic E-state index is 0.727. The predicted octanol–water partition coefficient (Wildman–Crippen LogP) is 3.47. The molecule has 0 bridgehead atoms. The van der Waals surface area contributed by atoms with Gasteiger partial charge in [0.2, 0.25) is 0 Å². The topological polar surface area (TPSA) is 35.8 Å². The van der Waals surface area contributed by atoms with E-state index in [9.17, 15) is 0 Å². The van der Waals surface area contributed by atoms with Gasteiger partial charge in [0.05, 0.1) is 11.6 Å². The molecule has 17 heavy (non-hydrogen) atoms. The van der Waals surface area contributed by atoms with Gasteiger partial charge in [-0.2, -0.15) is 5.26 Å². The minimum Gasteiger partial charge on any atom is -0.313 e. The first-order valence-corrected chi connectivity index (χ1v) is 6.42. The highest BCUT2D eigenvalue weighted by molar-refractivity contribution is 5.31. The van der Waals surface area contributed by atoms with E-state index in [1.165, 1.54) is 24.8 Å². The van der Waals surface area contributed by atoms with Crippen LogP contribution in [0.2, 0.25) is 0 Å². The number of unbranched alkanes of at least 4 members (excludes halogenated alkanes) is 1. The Labute approximate surface area is 105 Å². The summed E-state index contributed by atoms with van der Waals surface area (Å²) in [5, 5.41) is 12.1. The van der Waals surface area contributed by atoms with Crippen LogP contribution in [-0.4, -0.2) is 6.54 Å². The molecule has 0 aliphatic carbocycles. The van der Waals surface area contributed by atoms with Crippen molar-refractivity contribution < 1.29 is 0 Å². The molecule has 92 valence electrons. The van der Waals surface area contributed by atoms with E-state index in [2.05, 4.69) is 25.2 Å². The van der Waals surface area contributed by atoms with Crippen molar-refractivity contribution in [3.05, 3.63) is 35.4 Å². The number of hydrogen-bond acceptors (Lipinski definition) is 2. The highest BCUT2D eigenvalue weighted by Crippen LogP contribution is 2.06. The molecule has 0 fully saturated rings. The van der Waals surface area contributed by atoms with E-state index in [1.807, 2.05) is 24.3 Å². The Morgan fingerprint density at radius 2 is 1.88 bits per heavy atom. The maximum absolute atomic E-state index is 8.68. The third kappa shape index (κ3) is 6.09. The van der Waals surface area contributed by atoms with Crippen LogP contribution in [0, 0.1) is 17.2 Å². The summed E-state index contributed by atoms with van der Waals surface area (Å²) >= 11 is 0. The lowest BCUT2D eigenvalue weighted by atomic mass is 10.1. The van der Waals surface area contributed by atoms with Crippen LogP contribution < -0.4 is 5.32 Å². The van der Waals surface area contributed by atoms with Crippen molar-refractivity contribution in [1.82, 2.24) is 5.32 Å². The van der Waals surface area contributed by atoms with Gasteiger partial charge in [0.25, 0.3) is 0 Å². The molecule has 2 nitrogen and oxygen atoms in total. The van der Waals surface area contributed by atoms with Crippen molar-refractivity contribution in [2.24, 2.45) is 5.92 Å². The molecular formula is C15H22N2. The fourth-order valence-corrected chi connectivity index (χ4v) is 1.73. The summed E-state index contributed by atoms with van der Waals surface area (Å²) in [5.41, 5.74) is 1.97. The molecule has 1 aromatic rings. The summed E-state index contributed by atoms with van der Waals surface area (Å²) in [6.45, 7) is 6.51. The van der Waals surface area contributed by atoms with Crippen molar-refractivity contribution in [2.45, 2.75) is 39.7 Å². The molecular weight excluding hydrogens is 208 g/mol. The van der Waals surface area contributed by atoms with E-state index in [4.69, 9.17) is 5.26 Å². The second-order valence-electron chi connectivity index (χ2n) is 4.88. The van der Waals surface area contributed by atoms with Crippen LogP contribution in [0.4, 0.5) is 0 Å². The maximum atomic E-state index is 8.68. The molecule has 0 aromatic heterocycles. The van der Waals surface area contributed by atoms with Crippen LogP contribution >= 0.6 is 0 Å². The van der Waals surface area contributed by atoms with Gasteiger partial charge < -0.3 is 5.32 Å². The van der Waals surface area contributed by atoms with Gasteiger partial charge in [-0.25, -0.2) is 0 Å². The summed E-state index contributed by atoms with van der Waals surface area (Å²) in [6, 6.07) is 9.90. The molecule has 0 saturated heterocycles. The average Bonchev–Trinajstić information content (AvgIpc) is 2.34. The summed E-state index contributed by atoms with van der Waals surface area (Å²) < 4.78 is 0. The molecule has 1 rings (SSSR count). The summed E-state index contributed by atoms with van der Waals surface area (Å²) in [7, 11) is 0. The normalized spacial score (nSPS) is 10.5. The lowest BCUT2D eigenvalue weighted by molar-refractivity contribution is 0.520. The number of nitrogens with zero attached hydrogens (tertiary/aromatic N) is 1. The molecule has 0 unspecified atom stereocenters. The highest BCUT2D eigenvalue weighted by Gasteiger charge is 1.95. The number of rotatable bonds is 7. The SMILES string of the molecule is CC(C)CCCCNCc1ccc(C#N)cc1. The molecule has 1 aromatic carbocycles. The zero-order valence-corrected chi connectivity index (χ0v) is 10.9. The Hall–Kier alpha value is -1.33. The Bertz CT molecular complexity index is 346. The summed E-state index contributed by atoms with van der Waals surface area (Å²) in [4.78, 5) is 0. The molecule has 1 N–H and O–H groups in total. The summed E-state index contributed by atoms with van der Waals surface area (Å²) in [5.74, 6) is 0.813. The lowest BCUT2D eigenvalue weighted by Gasteiger charge is -2.06. The molecule has 0 heterocycles. The smallest absolute Gasteiger partial charge is 0.0991 e. The van der Waals surface area contributed by atoms with Crippen molar-refractivity contribution in [1.29, 1.82) is 5.26 Å². The molecule has 0 spiro atoms. The standard InChI is InChI=1S/C15H22N2/c1-13(2)5-3-4-10-17-12-15-8-6-14(11-16)7-9-15/h6-9,13,17H,3-5,10,12H2,1-2H3. The largest absolute Gasteiger partial charge is 0.313 e. The molecule has 0 aliphatic rings. The monoisotopic (exact) mass is 230 g/mol. The van der Waals surface area contributed by atoms with Gasteiger partial charge in [0.1, 0.15) is 0 Å². The molecule has 0 atom stereocenters. The van der Waals surface area contributed by atoms with E-state index in [0.717, 1.165) is 24.6 Å². The van der Waals surface area contributed by atoms with Gasteiger partial charge >= 0.3 is 0 Å². The minimum atomic E-state index is 0.727. The molecule has 0 saturated carbocycles. The summed E-state index contributed by atoms with van der Waals surface area (Å²) in [6.07, 6.45) is 3.87. The second kappa shape index (κ2) is 7.86. The third-order valence-electron chi connectivity index (χ3n) is 2.80. The Morgan fingerprint density at radius 3 is 2.47 bits per heavy atom. The highest BCUT2D eigenvalue weighted by atomic mass is 14.8. The average molecular weight is 230 g/mol. The van der Waals surface area contributed by atoms with Crippen LogP contribution in [0.3, 0.4) is 0 Å². The number of benzene rings is 1. The Kier molecular flexibility index (Phi) is 6.35. The van der Waals surface area contributed by atoms with Crippen LogP contribution in [0.25, 0.3) is 0 Å². The zero-order valence-electron chi connectivity index (χ0n) is 10.9. The quantitative estimate of drug-likeness (QED) is 0.728. The predicted molar refractivity (Wildman–Crippen MR) is 71.6 cm³/mol. The van der Waals surface area contributed by atoms with Gasteiger partial charge in [-0.1, -0.05) is 38.8 Å². The van der Waals surface area contributed by atoms with Gasteiger partial charge in [0, 0.05) is 6.54 Å². The molecule has 2 heteroatoms. The molecule has 0 amide bonds. The Balaban J connectivity index is 2.12. The lowest BCUT2D eigenvalue weighted by Crippen LogP contribution is -2.14. The van der Waals surface area contributed by atoms with Gasteiger partial charge in [-0.05, 0) is 36.6 Å². The van der Waals surface area contributed by atoms with E-state index in [-0.39, 0.29) is 0 Å². The van der Waals surface area contributed by atoms with Crippen LogP contribution in [-0.2, 0) is 6.54 Å². The van der Waals surface area contributed by atoms with Crippen LogP contribution in [0.5, 0.6) is 0 Å². The van der Waals surface area contributed by atoms with E-state index in [0.29, 0.717) is 0 Å². The van der Waals surface area contributed by atoms with Crippen molar-refractivity contribution >= 4 is 0 Å². The van der Waals surface area contributed by atoms with Gasteiger partial charge in [-0.3, -0.25) is 0 Å². The van der Waals surface area contributed by atoms with Crippen molar-refractivity contribution in [2.75, 3.05) is 6.54 Å². The number of nitriles is 1. The first-order chi connectivity index (χ1) is 8.22. The van der Waals surface area contributed by atoms with E-state index >= 15 is 0 Å². The first kappa shape index (κ1) is 13.7. The van der Waals surface area contributed by atoms with E-state index < -0.39 is 0 Å².